The van der Waals surface area contributed by atoms with Gasteiger partial charge in [-0.15, -0.1) is 0 Å². The summed E-state index contributed by atoms with van der Waals surface area (Å²) in [6.45, 7) is 0.100. The van der Waals surface area contributed by atoms with Crippen molar-refractivity contribution in [1.29, 1.82) is 0 Å². The van der Waals surface area contributed by atoms with Crippen molar-refractivity contribution in [2.75, 3.05) is 26.2 Å². The number of nitrogens with two attached hydrogens (primary N) is 1. The summed E-state index contributed by atoms with van der Waals surface area (Å²) in [5.74, 6) is 0. The molecule has 2 atom stereocenters. The molecular weight excluding hydrogens is 529 g/mol. The van der Waals surface area contributed by atoms with Gasteiger partial charge in [0.25, 0.3) is 10.2 Å². The van der Waals surface area contributed by atoms with E-state index in [0.29, 0.717) is 6.92 Å². The highest BCUT2D eigenvalue weighted by Crippen LogP contribution is 2.39. The van der Waals surface area contributed by atoms with E-state index in [2.05, 4.69) is 10.0 Å². The third kappa shape index (κ3) is 5.83. The molecule has 5 N–H and O–H groups in total. The molecule has 9 nitrogen and oxygen atoms in total. The second-order valence-corrected chi connectivity index (χ2v) is 12.2. The number of hydrogen-bond acceptors (Lipinski definition) is 7. The van der Waals surface area contributed by atoms with E-state index in [-0.39, 0.29) is 41.4 Å². The van der Waals surface area contributed by atoms with Crippen LogP contribution in [0.4, 0.5) is 13.2 Å². The molecule has 1 aromatic carbocycles. The highest BCUT2D eigenvalue weighted by molar-refractivity contribution is 7.96. The Labute approximate surface area is 207 Å². The summed E-state index contributed by atoms with van der Waals surface area (Å²) < 4.78 is 93.0. The van der Waals surface area contributed by atoms with Crippen LogP contribution in [0.5, 0.6) is 0 Å². The second kappa shape index (κ2) is 9.63. The number of hydrogen-bond donors (Lipinski definition) is 4. The average Bonchev–Trinajstić information content (AvgIpc) is 2.77. The van der Waals surface area contributed by atoms with Crippen molar-refractivity contribution in [1.82, 2.24) is 14.3 Å². The van der Waals surface area contributed by atoms with Gasteiger partial charge in [-0.2, -0.15) is 25.9 Å². The summed E-state index contributed by atoms with van der Waals surface area (Å²) in [6, 6.07) is 4.66. The van der Waals surface area contributed by atoms with Crippen LogP contribution in [0.1, 0.15) is 24.5 Å². The fourth-order valence-electron chi connectivity index (χ4n) is 3.87. The molecule has 0 radical (unpaired) electrons. The molecule has 0 spiro atoms. The van der Waals surface area contributed by atoms with Crippen LogP contribution in [0, 0.1) is 0 Å². The van der Waals surface area contributed by atoms with Gasteiger partial charge in [0.05, 0.1) is 10.4 Å². The largest absolute Gasteiger partial charge is 0.421 e. The zero-order valence-electron chi connectivity index (χ0n) is 18.5. The van der Waals surface area contributed by atoms with E-state index < -0.39 is 49.7 Å². The number of allylic oxidation sites excluding steroid dienone is 4. The number of sulfonamides is 1. The number of thiocarbonyl (C=S) groups is 1. The van der Waals surface area contributed by atoms with E-state index in [0.717, 1.165) is 16.4 Å². The maximum Gasteiger partial charge on any atom is 0.421 e. The third-order valence-electron chi connectivity index (χ3n) is 5.98. The smallest absolute Gasteiger partial charge is 0.376 e. The first-order valence-electron chi connectivity index (χ1n) is 10.3. The number of benzene rings is 1. The summed E-state index contributed by atoms with van der Waals surface area (Å²) in [6.07, 6.45) is 0.0332. The number of rotatable bonds is 7. The van der Waals surface area contributed by atoms with Gasteiger partial charge in [-0.3, -0.25) is 0 Å². The Bertz CT molecular complexity index is 1260. The Hall–Kier alpha value is -1.72. The molecule has 1 heterocycles. The van der Waals surface area contributed by atoms with Crippen LogP contribution in [-0.2, 0) is 31.4 Å². The fourth-order valence-corrected chi connectivity index (χ4v) is 6.42. The van der Waals surface area contributed by atoms with Gasteiger partial charge < -0.3 is 10.4 Å². The highest BCUT2D eigenvalue weighted by Gasteiger charge is 2.51. The van der Waals surface area contributed by atoms with Gasteiger partial charge in [-0.1, -0.05) is 48.6 Å². The van der Waals surface area contributed by atoms with Crippen LogP contribution >= 0.6 is 12.2 Å². The molecule has 1 unspecified atom stereocenters. The Morgan fingerprint density at radius 2 is 1.86 bits per heavy atom. The Kier molecular flexibility index (Phi) is 7.66. The summed E-state index contributed by atoms with van der Waals surface area (Å²) in [5, 5.41) is 18.1. The van der Waals surface area contributed by atoms with Crippen LogP contribution < -0.4 is 15.2 Å². The lowest BCUT2D eigenvalue weighted by Crippen LogP contribution is -2.64. The summed E-state index contributed by atoms with van der Waals surface area (Å²) in [4.78, 5) is 0.194. The molecule has 0 aromatic heterocycles. The van der Waals surface area contributed by atoms with Crippen LogP contribution in [0.15, 0.2) is 47.4 Å². The molecule has 1 aliphatic carbocycles. The van der Waals surface area contributed by atoms with Crippen molar-refractivity contribution in [3.05, 3.63) is 58.5 Å². The molecule has 15 heteroatoms. The molecule has 0 saturated carbocycles. The van der Waals surface area contributed by atoms with Gasteiger partial charge in [0.2, 0.25) is 10.0 Å². The van der Waals surface area contributed by atoms with Crippen molar-refractivity contribution in [2.45, 2.75) is 30.7 Å². The molecule has 0 bridgehead atoms. The molecule has 0 amide bonds. The van der Waals surface area contributed by atoms with Gasteiger partial charge in [0.15, 0.2) is 5.60 Å². The first kappa shape index (κ1) is 27.9. The minimum atomic E-state index is -4.93. The van der Waals surface area contributed by atoms with E-state index in [1.807, 2.05) is 0 Å². The monoisotopic (exact) mass is 554 g/mol. The second-order valence-electron chi connectivity index (χ2n) is 8.45. The quantitative estimate of drug-likeness (QED) is 0.367. The number of aliphatic hydroxyl groups is 1. The number of nitrogens with zero attached hydrogens (tertiary/aromatic N) is 1. The number of halogens is 3. The summed E-state index contributed by atoms with van der Waals surface area (Å²) in [5.41, 5.74) is -4.65. The lowest BCUT2D eigenvalue weighted by Gasteiger charge is -2.44. The Balaban J connectivity index is 2.02. The van der Waals surface area contributed by atoms with Crippen LogP contribution in [0.3, 0.4) is 0 Å². The minimum absolute atomic E-state index is 0.0400. The molecule has 1 aliphatic heterocycles. The SMILES string of the molecule is CC(O)(c1ccc([C@@]2(CNS(N)(=O)=O)CN(S(=O)(=O)C3=CC=CCC3=S)CCN2)cc1)C(F)(F)F. The standard InChI is InChI=1S/C20H25F3N4O5S3/c1-18(28,20(21,22)23)14-6-8-15(9-7-14)19(12-26-35(24,31)32)13-27(11-10-25-19)34(29,30)17-5-3-2-4-16(17)33/h2-3,5-9,25-26,28H,4,10-13H2,1H3,(H2,24,31,32)/t18?,19-/m1/s1. The van der Waals surface area contributed by atoms with Crippen molar-refractivity contribution in [2.24, 2.45) is 5.14 Å². The fraction of sp³-hybridized carbons (Fsp3) is 0.450. The molecule has 1 saturated heterocycles. The minimum Gasteiger partial charge on any atom is -0.376 e. The first-order valence-corrected chi connectivity index (χ1v) is 13.7. The van der Waals surface area contributed by atoms with Crippen molar-refractivity contribution in [3.63, 3.8) is 0 Å². The normalized spacial score (nSPS) is 24.2. The lowest BCUT2D eigenvalue weighted by molar-refractivity contribution is -0.258. The van der Waals surface area contributed by atoms with Gasteiger partial charge in [0.1, 0.15) is 0 Å². The van der Waals surface area contributed by atoms with Crippen molar-refractivity contribution in [3.8, 4) is 0 Å². The van der Waals surface area contributed by atoms with E-state index in [9.17, 15) is 35.1 Å². The first-order chi connectivity index (χ1) is 16.0. The number of alkyl halides is 3. The highest BCUT2D eigenvalue weighted by atomic mass is 32.2. The molecule has 2 aliphatic rings. The number of piperazine rings is 1. The van der Waals surface area contributed by atoms with Crippen molar-refractivity contribution >= 4 is 37.3 Å². The van der Waals surface area contributed by atoms with Crippen LogP contribution in [0.2, 0.25) is 0 Å². The topological polar surface area (TPSA) is 142 Å². The average molecular weight is 555 g/mol. The van der Waals surface area contributed by atoms with Gasteiger partial charge in [0, 0.05) is 37.5 Å². The molecule has 1 aromatic rings. The van der Waals surface area contributed by atoms with Gasteiger partial charge in [-0.25, -0.2) is 18.3 Å². The van der Waals surface area contributed by atoms with Crippen molar-refractivity contribution < 1.29 is 35.1 Å². The third-order valence-corrected chi connectivity index (χ3v) is 8.97. The predicted molar refractivity (Wildman–Crippen MR) is 128 cm³/mol. The van der Waals surface area contributed by atoms with Gasteiger partial charge in [-0.05, 0) is 24.1 Å². The molecule has 194 valence electrons. The zero-order chi connectivity index (χ0) is 26.3. The zero-order valence-corrected chi connectivity index (χ0v) is 21.0. The van der Waals surface area contributed by atoms with Gasteiger partial charge >= 0.3 is 6.18 Å². The summed E-state index contributed by atoms with van der Waals surface area (Å²) >= 11 is 5.21. The molecular formula is C20H25F3N4O5S3. The number of nitrogens with one attached hydrogen (secondary N) is 2. The molecule has 1 fully saturated rings. The van der Waals surface area contributed by atoms with E-state index >= 15 is 0 Å². The van der Waals surface area contributed by atoms with Crippen LogP contribution in [0.25, 0.3) is 0 Å². The van der Waals surface area contributed by atoms with E-state index in [1.165, 1.54) is 18.2 Å². The lowest BCUT2D eigenvalue weighted by atomic mass is 9.85. The van der Waals surface area contributed by atoms with E-state index in [1.54, 1.807) is 12.2 Å². The van der Waals surface area contributed by atoms with Crippen LogP contribution in [-0.4, -0.2) is 63.5 Å². The maximum absolute atomic E-state index is 13.4. The van der Waals surface area contributed by atoms with E-state index in [4.69, 9.17) is 17.4 Å². The maximum atomic E-state index is 13.4. The summed E-state index contributed by atoms with van der Waals surface area (Å²) in [7, 11) is -8.24. The molecule has 35 heavy (non-hydrogen) atoms. The molecule has 3 rings (SSSR count). The Morgan fingerprint density at radius 1 is 1.23 bits per heavy atom. The Morgan fingerprint density at radius 3 is 2.40 bits per heavy atom. The predicted octanol–water partition coefficient (Wildman–Crippen LogP) is 0.894.